The molecule has 6 heteroatoms. The maximum absolute atomic E-state index is 12.5. The van der Waals surface area contributed by atoms with E-state index in [0.717, 1.165) is 57.8 Å². The van der Waals surface area contributed by atoms with Crippen LogP contribution in [-0.2, 0) is 14.3 Å². The van der Waals surface area contributed by atoms with Gasteiger partial charge >= 0.3 is 5.97 Å². The number of allylic oxidation sites excluding steroid dienone is 1. The third-order valence-corrected chi connectivity index (χ3v) is 15.8. The van der Waals surface area contributed by atoms with Crippen LogP contribution >= 0.6 is 0 Å². The highest BCUT2D eigenvalue weighted by atomic mass is 16.5. The van der Waals surface area contributed by atoms with Crippen molar-refractivity contribution < 1.29 is 24.5 Å². The Hall–Kier alpha value is -1.40. The predicted molar refractivity (Wildman–Crippen MR) is 320 cm³/mol. The van der Waals surface area contributed by atoms with Crippen molar-refractivity contribution in [2.45, 2.75) is 392 Å². The van der Waals surface area contributed by atoms with E-state index in [1.165, 1.54) is 295 Å². The summed E-state index contributed by atoms with van der Waals surface area (Å²) in [5, 5.41) is 23.2. The maximum Gasteiger partial charge on any atom is 0.305 e. The van der Waals surface area contributed by atoms with Crippen LogP contribution in [0.2, 0.25) is 0 Å². The quantitative estimate of drug-likeness (QED) is 0.0320. The zero-order valence-corrected chi connectivity index (χ0v) is 49.6. The van der Waals surface area contributed by atoms with Gasteiger partial charge < -0.3 is 20.3 Å². The number of unbranched alkanes of at least 4 members (excludes halogenated alkanes) is 52. The smallest absolute Gasteiger partial charge is 0.305 e. The first kappa shape index (κ1) is 71.6. The predicted octanol–water partition coefficient (Wildman–Crippen LogP) is 21.2. The lowest BCUT2D eigenvalue weighted by molar-refractivity contribution is -0.143. The van der Waals surface area contributed by atoms with Crippen molar-refractivity contribution in [3.05, 3.63) is 12.2 Å². The Balaban J connectivity index is 3.44. The molecule has 0 radical (unpaired) electrons. The molecule has 0 heterocycles. The Kier molecular flexibility index (Phi) is 61.9. The Morgan fingerprint density at radius 2 is 0.630 bits per heavy atom. The third-order valence-electron chi connectivity index (χ3n) is 15.8. The molecule has 6 nitrogen and oxygen atoms in total. The molecule has 0 saturated heterocycles. The summed E-state index contributed by atoms with van der Waals surface area (Å²) < 4.78 is 5.49. The number of esters is 1. The summed E-state index contributed by atoms with van der Waals surface area (Å²) in [6.07, 6.45) is 76.9. The van der Waals surface area contributed by atoms with E-state index >= 15 is 0 Å². The summed E-state index contributed by atoms with van der Waals surface area (Å²) in [6.45, 7) is 4.93. The van der Waals surface area contributed by atoms with Gasteiger partial charge in [-0.2, -0.15) is 0 Å². The van der Waals surface area contributed by atoms with Crippen LogP contribution in [0.15, 0.2) is 12.2 Å². The van der Waals surface area contributed by atoms with Crippen LogP contribution in [0.3, 0.4) is 0 Å². The molecular formula is C67H131NO5. The summed E-state index contributed by atoms with van der Waals surface area (Å²) in [4.78, 5) is 24.6. The molecule has 0 bridgehead atoms. The van der Waals surface area contributed by atoms with Crippen LogP contribution in [0.4, 0.5) is 0 Å². The van der Waals surface area contributed by atoms with Gasteiger partial charge in [-0.1, -0.05) is 347 Å². The van der Waals surface area contributed by atoms with E-state index in [9.17, 15) is 19.8 Å². The van der Waals surface area contributed by atoms with Crippen LogP contribution < -0.4 is 5.32 Å². The average molecular weight is 1030 g/mol. The first-order valence-electron chi connectivity index (χ1n) is 33.5. The highest BCUT2D eigenvalue weighted by Gasteiger charge is 2.18. The second kappa shape index (κ2) is 63.1. The topological polar surface area (TPSA) is 95.9 Å². The van der Waals surface area contributed by atoms with Gasteiger partial charge in [-0.3, -0.25) is 9.59 Å². The summed E-state index contributed by atoms with van der Waals surface area (Å²) in [6, 6.07) is -0.636. The van der Waals surface area contributed by atoms with Crippen LogP contribution in [-0.4, -0.2) is 47.4 Å². The number of hydrogen-bond donors (Lipinski definition) is 3. The summed E-state index contributed by atoms with van der Waals surface area (Å²) in [7, 11) is 0. The first-order valence-corrected chi connectivity index (χ1v) is 33.5. The minimum absolute atomic E-state index is 0.00193. The van der Waals surface area contributed by atoms with Crippen molar-refractivity contribution >= 4 is 11.9 Å². The van der Waals surface area contributed by atoms with E-state index in [2.05, 4.69) is 19.2 Å². The Morgan fingerprint density at radius 1 is 0.370 bits per heavy atom. The molecule has 2 unspecified atom stereocenters. The molecule has 0 aliphatic heterocycles. The number of hydrogen-bond acceptors (Lipinski definition) is 5. The van der Waals surface area contributed by atoms with Gasteiger partial charge in [0.15, 0.2) is 0 Å². The molecule has 0 rings (SSSR count). The number of aliphatic hydroxyl groups is 2. The number of carbonyl (C=O) groups is 2. The second-order valence-corrected chi connectivity index (χ2v) is 23.2. The summed E-state index contributed by atoms with van der Waals surface area (Å²) >= 11 is 0. The van der Waals surface area contributed by atoms with Crippen molar-refractivity contribution in [1.29, 1.82) is 0 Å². The lowest BCUT2D eigenvalue weighted by Crippen LogP contribution is -2.45. The van der Waals surface area contributed by atoms with Crippen molar-refractivity contribution in [3.8, 4) is 0 Å². The SMILES string of the molecule is CCCCCCCCCCCCCCCCCCCCCCCCC/C=C/C(O)C(CO)NC(=O)CCCCCCCCCCCCCCCCOC(=O)CCCCCCCCCCCCCCCCCCC. The molecule has 0 aromatic heterocycles. The molecule has 73 heavy (non-hydrogen) atoms. The average Bonchev–Trinajstić information content (AvgIpc) is 3.39. The largest absolute Gasteiger partial charge is 0.466 e. The Labute approximate surface area is 457 Å². The Morgan fingerprint density at radius 3 is 0.932 bits per heavy atom. The van der Waals surface area contributed by atoms with Gasteiger partial charge in [0.25, 0.3) is 0 Å². The van der Waals surface area contributed by atoms with Gasteiger partial charge in [-0.15, -0.1) is 0 Å². The molecule has 3 N–H and O–H groups in total. The molecule has 0 saturated carbocycles. The van der Waals surface area contributed by atoms with E-state index < -0.39 is 12.1 Å². The molecule has 0 aromatic rings. The molecular weight excluding hydrogens is 899 g/mol. The van der Waals surface area contributed by atoms with E-state index in [-0.39, 0.29) is 18.5 Å². The van der Waals surface area contributed by atoms with Crippen molar-refractivity contribution in [2.24, 2.45) is 0 Å². The maximum atomic E-state index is 12.5. The monoisotopic (exact) mass is 1030 g/mol. The fraction of sp³-hybridized carbons (Fsp3) is 0.940. The van der Waals surface area contributed by atoms with Crippen LogP contribution in [0, 0.1) is 0 Å². The molecule has 1 amide bonds. The number of rotatable bonds is 63. The third kappa shape index (κ3) is 59.7. The molecule has 0 spiro atoms. The molecule has 0 aromatic carbocycles. The Bertz CT molecular complexity index is 1100. The summed E-state index contributed by atoms with van der Waals surface area (Å²) in [5.41, 5.74) is 0. The number of ether oxygens (including phenoxy) is 1. The lowest BCUT2D eigenvalue weighted by Gasteiger charge is -2.20. The van der Waals surface area contributed by atoms with Gasteiger partial charge in [0.1, 0.15) is 0 Å². The van der Waals surface area contributed by atoms with Crippen LogP contribution in [0.25, 0.3) is 0 Å². The highest BCUT2D eigenvalue weighted by Crippen LogP contribution is 2.19. The van der Waals surface area contributed by atoms with Crippen molar-refractivity contribution in [1.82, 2.24) is 5.32 Å². The zero-order chi connectivity index (χ0) is 52.9. The van der Waals surface area contributed by atoms with Crippen LogP contribution in [0.5, 0.6) is 0 Å². The van der Waals surface area contributed by atoms with Gasteiger partial charge in [-0.05, 0) is 32.1 Å². The molecule has 2 atom stereocenters. The highest BCUT2D eigenvalue weighted by molar-refractivity contribution is 5.76. The first-order chi connectivity index (χ1) is 36.0. The van der Waals surface area contributed by atoms with E-state index in [1.807, 2.05) is 6.08 Å². The molecule has 0 aliphatic carbocycles. The standard InChI is InChI=1S/C67H131NO5/c1-3-5-7-9-11-13-15-17-19-21-22-23-24-25-26-27-28-30-31-35-39-43-47-51-55-59-65(70)64(63-69)68-66(71)60-56-52-48-44-40-36-33-34-38-42-46-50-54-58-62-73-67(72)61-57-53-49-45-41-37-32-29-20-18-16-14-12-10-8-6-4-2/h55,59,64-65,69-70H,3-54,56-58,60-63H2,1-2H3,(H,68,71)/b59-55+. The number of carbonyl (C=O) groups excluding carboxylic acids is 2. The summed E-state index contributed by atoms with van der Waals surface area (Å²) in [5.74, 6) is -0.0714. The van der Waals surface area contributed by atoms with Gasteiger partial charge in [0, 0.05) is 12.8 Å². The molecule has 0 aliphatic rings. The van der Waals surface area contributed by atoms with Gasteiger partial charge in [0.05, 0.1) is 25.4 Å². The number of amides is 1. The van der Waals surface area contributed by atoms with Crippen molar-refractivity contribution in [2.75, 3.05) is 13.2 Å². The fourth-order valence-corrected chi connectivity index (χ4v) is 10.7. The van der Waals surface area contributed by atoms with E-state index in [1.54, 1.807) is 6.08 Å². The van der Waals surface area contributed by atoms with E-state index in [4.69, 9.17) is 4.74 Å². The minimum atomic E-state index is -0.852. The van der Waals surface area contributed by atoms with E-state index in [0.29, 0.717) is 19.4 Å². The number of aliphatic hydroxyl groups excluding tert-OH is 2. The van der Waals surface area contributed by atoms with Gasteiger partial charge in [-0.25, -0.2) is 0 Å². The minimum Gasteiger partial charge on any atom is -0.466 e. The fourth-order valence-electron chi connectivity index (χ4n) is 10.7. The lowest BCUT2D eigenvalue weighted by atomic mass is 10.0. The number of nitrogens with one attached hydrogen (secondary N) is 1. The van der Waals surface area contributed by atoms with Crippen molar-refractivity contribution in [3.63, 3.8) is 0 Å². The van der Waals surface area contributed by atoms with Gasteiger partial charge in [0.2, 0.25) is 5.91 Å². The normalized spacial score (nSPS) is 12.5. The van der Waals surface area contributed by atoms with Crippen LogP contribution in [0.1, 0.15) is 380 Å². The second-order valence-electron chi connectivity index (χ2n) is 23.2. The molecule has 0 fully saturated rings. The molecule has 434 valence electrons. The zero-order valence-electron chi connectivity index (χ0n) is 49.6.